The van der Waals surface area contributed by atoms with Crippen LogP contribution in [0.25, 0.3) is 0 Å². The van der Waals surface area contributed by atoms with Crippen LogP contribution in [0.15, 0.2) is 18.2 Å². The minimum Gasteiger partial charge on any atom is -0.381 e. The molecule has 21 heavy (non-hydrogen) atoms. The number of hydrogen-bond donors (Lipinski definition) is 1. The molecule has 2 rings (SSSR count). The molecule has 1 aliphatic rings. The Morgan fingerprint density at radius 1 is 1.33 bits per heavy atom. The average Bonchev–Trinajstić information content (AvgIpc) is 2.47. The van der Waals surface area contributed by atoms with Crippen LogP contribution in [-0.2, 0) is 9.47 Å². The second-order valence-corrected chi connectivity index (χ2v) is 5.60. The number of rotatable bonds is 6. The molecule has 1 saturated heterocycles. The van der Waals surface area contributed by atoms with Crippen LogP contribution >= 0.6 is 0 Å². The molecule has 1 fully saturated rings. The highest BCUT2D eigenvalue weighted by atomic mass is 19.1. The van der Waals surface area contributed by atoms with E-state index in [2.05, 4.69) is 12.2 Å². The van der Waals surface area contributed by atoms with E-state index in [0.29, 0.717) is 19.8 Å². The highest BCUT2D eigenvalue weighted by Crippen LogP contribution is 2.39. The third-order valence-corrected chi connectivity index (χ3v) is 4.25. The minimum absolute atomic E-state index is 0.0620. The smallest absolute Gasteiger partial charge is 0.123 e. The van der Waals surface area contributed by atoms with Crippen molar-refractivity contribution < 1.29 is 13.9 Å². The maximum absolute atomic E-state index is 13.4. The number of ether oxygens (including phenoxy) is 2. The fourth-order valence-electron chi connectivity index (χ4n) is 3.27. The lowest BCUT2D eigenvalue weighted by Gasteiger charge is -2.44. The van der Waals surface area contributed by atoms with Gasteiger partial charge in [-0.1, -0.05) is 13.0 Å². The van der Waals surface area contributed by atoms with Gasteiger partial charge >= 0.3 is 0 Å². The molecule has 1 unspecified atom stereocenters. The Kier molecular flexibility index (Phi) is 5.73. The Hall–Kier alpha value is -0.970. The first-order valence-corrected chi connectivity index (χ1v) is 7.84. The second-order valence-electron chi connectivity index (χ2n) is 5.60. The van der Waals surface area contributed by atoms with Crippen LogP contribution in [0.3, 0.4) is 0 Å². The largest absolute Gasteiger partial charge is 0.381 e. The highest BCUT2D eigenvalue weighted by Gasteiger charge is 2.42. The fourth-order valence-corrected chi connectivity index (χ4v) is 3.27. The van der Waals surface area contributed by atoms with Gasteiger partial charge in [0, 0.05) is 32.7 Å². The zero-order valence-corrected chi connectivity index (χ0v) is 13.2. The van der Waals surface area contributed by atoms with Gasteiger partial charge in [-0.2, -0.15) is 0 Å². The minimum atomic E-state index is -0.272. The molecule has 0 spiro atoms. The lowest BCUT2D eigenvalue weighted by molar-refractivity contribution is -0.128. The van der Waals surface area contributed by atoms with Gasteiger partial charge in [0.1, 0.15) is 5.82 Å². The van der Waals surface area contributed by atoms with Crippen LogP contribution < -0.4 is 5.32 Å². The van der Waals surface area contributed by atoms with E-state index < -0.39 is 0 Å². The molecule has 3 nitrogen and oxygen atoms in total. The Morgan fingerprint density at radius 3 is 2.62 bits per heavy atom. The molecule has 0 saturated carbocycles. The van der Waals surface area contributed by atoms with Gasteiger partial charge in [-0.05, 0) is 43.7 Å². The first kappa shape index (κ1) is 16.4. The normalized spacial score (nSPS) is 19.4. The lowest BCUT2D eigenvalue weighted by atomic mass is 9.80. The Bertz CT molecular complexity index is 453. The summed E-state index contributed by atoms with van der Waals surface area (Å²) < 4.78 is 25.1. The number of aryl methyl sites for hydroxylation is 1. The predicted molar refractivity (Wildman–Crippen MR) is 82.0 cm³/mol. The van der Waals surface area contributed by atoms with Crippen LogP contribution in [0.4, 0.5) is 4.39 Å². The summed E-state index contributed by atoms with van der Waals surface area (Å²) in [6, 6.07) is 5.07. The summed E-state index contributed by atoms with van der Waals surface area (Å²) >= 11 is 0. The summed E-state index contributed by atoms with van der Waals surface area (Å²) in [5, 5.41) is 3.55. The van der Waals surface area contributed by atoms with E-state index in [1.807, 2.05) is 19.9 Å². The monoisotopic (exact) mass is 295 g/mol. The Labute approximate surface area is 126 Å². The molecule has 1 heterocycles. The third-order valence-electron chi connectivity index (χ3n) is 4.25. The molecule has 0 aliphatic carbocycles. The van der Waals surface area contributed by atoms with Crippen molar-refractivity contribution in [2.75, 3.05) is 26.4 Å². The molecular weight excluding hydrogens is 269 g/mol. The van der Waals surface area contributed by atoms with Gasteiger partial charge in [0.2, 0.25) is 0 Å². The molecule has 0 amide bonds. The number of likely N-dealkylation sites (N-methyl/N-ethyl adjacent to an activating group) is 1. The van der Waals surface area contributed by atoms with Crippen LogP contribution in [0.2, 0.25) is 0 Å². The van der Waals surface area contributed by atoms with Crippen molar-refractivity contribution >= 4 is 0 Å². The quantitative estimate of drug-likeness (QED) is 0.873. The summed E-state index contributed by atoms with van der Waals surface area (Å²) in [5.74, 6) is -0.191. The van der Waals surface area contributed by atoms with Gasteiger partial charge in [0.25, 0.3) is 0 Å². The van der Waals surface area contributed by atoms with Gasteiger partial charge in [-0.3, -0.25) is 0 Å². The number of benzene rings is 1. The summed E-state index contributed by atoms with van der Waals surface area (Å²) in [6.45, 7) is 9.01. The van der Waals surface area contributed by atoms with Gasteiger partial charge < -0.3 is 14.8 Å². The molecular formula is C17H26FNO2. The van der Waals surface area contributed by atoms with Crippen molar-refractivity contribution in [3.63, 3.8) is 0 Å². The summed E-state index contributed by atoms with van der Waals surface area (Å²) in [7, 11) is 0. The van der Waals surface area contributed by atoms with Crippen molar-refractivity contribution in [3.05, 3.63) is 35.1 Å². The molecule has 1 aliphatic heterocycles. The molecule has 0 aromatic heterocycles. The van der Waals surface area contributed by atoms with E-state index in [0.717, 1.165) is 30.5 Å². The zero-order chi connectivity index (χ0) is 15.3. The lowest BCUT2D eigenvalue weighted by Crippen LogP contribution is -2.50. The SMILES string of the molecule is CCNC(c1ccc(F)cc1C)C1(OCC)CCOCC1. The van der Waals surface area contributed by atoms with Gasteiger partial charge in [0.15, 0.2) is 0 Å². The molecule has 1 atom stereocenters. The molecule has 118 valence electrons. The molecule has 4 heteroatoms. The maximum Gasteiger partial charge on any atom is 0.123 e. The van der Waals surface area contributed by atoms with E-state index >= 15 is 0 Å². The van der Waals surface area contributed by atoms with E-state index in [1.54, 1.807) is 6.07 Å². The van der Waals surface area contributed by atoms with E-state index in [9.17, 15) is 4.39 Å². The first-order valence-electron chi connectivity index (χ1n) is 7.84. The van der Waals surface area contributed by atoms with Gasteiger partial charge in [0.05, 0.1) is 11.6 Å². The van der Waals surface area contributed by atoms with Crippen molar-refractivity contribution in [1.29, 1.82) is 0 Å². The van der Waals surface area contributed by atoms with E-state index in [4.69, 9.17) is 9.47 Å². The summed E-state index contributed by atoms with van der Waals surface area (Å²) in [6.07, 6.45) is 1.71. The van der Waals surface area contributed by atoms with Crippen molar-refractivity contribution in [1.82, 2.24) is 5.32 Å². The summed E-state index contributed by atoms with van der Waals surface area (Å²) in [4.78, 5) is 0. The van der Waals surface area contributed by atoms with Crippen LogP contribution in [0.1, 0.15) is 43.9 Å². The van der Waals surface area contributed by atoms with E-state index in [1.165, 1.54) is 6.07 Å². The predicted octanol–water partition coefficient (Wildman–Crippen LogP) is 3.37. The highest BCUT2D eigenvalue weighted by molar-refractivity contribution is 5.32. The molecule has 1 aromatic carbocycles. The molecule has 1 N–H and O–H groups in total. The van der Waals surface area contributed by atoms with Gasteiger partial charge in [-0.15, -0.1) is 0 Å². The standard InChI is InChI=1S/C17H26FNO2/c1-4-19-16(15-7-6-14(18)12-13(15)3)17(21-5-2)8-10-20-11-9-17/h6-7,12,16,19H,4-5,8-11H2,1-3H3. The van der Waals surface area contributed by atoms with Gasteiger partial charge in [-0.25, -0.2) is 4.39 Å². The Morgan fingerprint density at radius 2 is 2.05 bits per heavy atom. The van der Waals surface area contributed by atoms with Crippen LogP contribution in [0, 0.1) is 12.7 Å². The molecule has 0 bridgehead atoms. The fraction of sp³-hybridized carbons (Fsp3) is 0.647. The van der Waals surface area contributed by atoms with Crippen LogP contribution in [-0.4, -0.2) is 32.0 Å². The third kappa shape index (κ3) is 3.62. The molecule has 1 aromatic rings. The maximum atomic E-state index is 13.4. The van der Waals surface area contributed by atoms with Crippen molar-refractivity contribution in [2.24, 2.45) is 0 Å². The van der Waals surface area contributed by atoms with Crippen LogP contribution in [0.5, 0.6) is 0 Å². The number of halogens is 1. The number of nitrogens with one attached hydrogen (secondary N) is 1. The number of hydrogen-bond acceptors (Lipinski definition) is 3. The Balaban J connectivity index is 2.39. The van der Waals surface area contributed by atoms with E-state index in [-0.39, 0.29) is 17.5 Å². The first-order chi connectivity index (χ1) is 10.1. The van der Waals surface area contributed by atoms with Crippen molar-refractivity contribution in [3.8, 4) is 0 Å². The second kappa shape index (κ2) is 7.34. The molecule has 0 radical (unpaired) electrons. The summed E-state index contributed by atoms with van der Waals surface area (Å²) in [5.41, 5.74) is 1.81. The topological polar surface area (TPSA) is 30.5 Å². The van der Waals surface area contributed by atoms with Crippen molar-refractivity contribution in [2.45, 2.75) is 45.3 Å². The average molecular weight is 295 g/mol. The zero-order valence-electron chi connectivity index (χ0n) is 13.2.